The van der Waals surface area contributed by atoms with Crippen LogP contribution in [0, 0.1) is 0 Å². The number of nitrogens with zero attached hydrogens (tertiary/aromatic N) is 2. The third-order valence-electron chi connectivity index (χ3n) is 1.59. The summed E-state index contributed by atoms with van der Waals surface area (Å²) in [7, 11) is 0. The van der Waals surface area contributed by atoms with Crippen molar-refractivity contribution in [2.75, 3.05) is 0 Å². The monoisotopic (exact) mass is 470 g/mol. The molecule has 2 aromatic heterocycles. The van der Waals surface area contributed by atoms with Gasteiger partial charge >= 0.3 is 20.4 Å². The summed E-state index contributed by atoms with van der Waals surface area (Å²) in [6, 6.07) is 11.6. The summed E-state index contributed by atoms with van der Waals surface area (Å²) >= 11 is 0. The second-order valence-corrected chi connectivity index (χ2v) is 3.41. The molecule has 0 bridgehead atoms. The van der Waals surface area contributed by atoms with Gasteiger partial charge in [0.2, 0.25) is 0 Å². The van der Waals surface area contributed by atoms with E-state index in [1.165, 1.54) is 0 Å². The molecule has 0 aliphatic carbocycles. The molecule has 11 nitrogen and oxygen atoms in total. The zero-order valence-corrected chi connectivity index (χ0v) is 15.5. The molecule has 0 amide bonds. The Labute approximate surface area is 163 Å². The molecule has 0 atom stereocenters. The normalized spacial score (nSPS) is 6.38. The predicted octanol–water partition coefficient (Wildman–Crippen LogP) is -4.47. The van der Waals surface area contributed by atoms with Crippen molar-refractivity contribution in [2.45, 2.75) is 13.8 Å². The van der Waals surface area contributed by atoms with E-state index in [-0.39, 0.29) is 47.8 Å². The van der Waals surface area contributed by atoms with Crippen molar-refractivity contribution in [2.24, 2.45) is 0 Å². The molecule has 10 N–H and O–H groups in total. The second kappa shape index (κ2) is 27.5. The van der Waals surface area contributed by atoms with E-state index in [0.717, 1.165) is 25.2 Å². The van der Waals surface area contributed by atoms with E-state index in [1.807, 2.05) is 36.4 Å². The molecule has 26 heavy (non-hydrogen) atoms. The van der Waals surface area contributed by atoms with Crippen molar-refractivity contribution in [1.82, 2.24) is 9.97 Å². The van der Waals surface area contributed by atoms with Gasteiger partial charge in [-0.1, -0.05) is 12.1 Å². The first-order valence-corrected chi connectivity index (χ1v) is 5.61. The number of pyridine rings is 2. The summed E-state index contributed by atoms with van der Waals surface area (Å²) in [5, 5.41) is 17.8. The minimum atomic E-state index is -1.08. The Morgan fingerprint density at radius 2 is 0.923 bits per heavy atom. The minimum absolute atomic E-state index is 0. The quantitative estimate of drug-likeness (QED) is 0.370. The molecule has 0 aromatic carbocycles. The van der Waals surface area contributed by atoms with E-state index in [2.05, 4.69) is 9.97 Å². The third kappa shape index (κ3) is 29.7. The molecule has 0 unspecified atom stereocenters. The van der Waals surface area contributed by atoms with Crippen molar-refractivity contribution in [1.29, 1.82) is 0 Å². The number of rotatable bonds is 1. The average Bonchev–Trinajstić information content (AvgIpc) is 2.39. The van der Waals surface area contributed by atoms with Crippen molar-refractivity contribution in [3.8, 4) is 11.4 Å². The van der Waals surface area contributed by atoms with Gasteiger partial charge in [-0.2, -0.15) is 0 Å². The number of aliphatic carboxylic acids is 2. The number of carbonyl (C=O) groups excluding carboxylic acids is 2. The molecule has 2 rings (SSSR count). The molecule has 0 spiro atoms. The van der Waals surface area contributed by atoms with Crippen LogP contribution >= 0.6 is 0 Å². The van der Waals surface area contributed by atoms with E-state index < -0.39 is 11.9 Å². The zero-order chi connectivity index (χ0) is 15.4. The van der Waals surface area contributed by atoms with Crippen LogP contribution in [0.2, 0.25) is 0 Å². The number of aromatic nitrogens is 2. The molecule has 12 heteroatoms. The molecule has 0 saturated carbocycles. The number of carbonyl (C=O) groups is 2. The minimum Gasteiger partial charge on any atom is -0.550 e. The van der Waals surface area contributed by atoms with Gasteiger partial charge in [0, 0.05) is 24.3 Å². The van der Waals surface area contributed by atoms with Gasteiger partial charge in [-0.3, -0.25) is 9.97 Å². The van der Waals surface area contributed by atoms with Gasteiger partial charge < -0.3 is 47.2 Å². The first kappa shape index (κ1) is 43.8. The molecule has 2 heterocycles. The van der Waals surface area contributed by atoms with Crippen molar-refractivity contribution < 1.29 is 67.6 Å². The maximum absolute atomic E-state index is 8.89. The van der Waals surface area contributed by atoms with Crippen LogP contribution in [-0.2, 0) is 30.0 Å². The molecule has 0 aliphatic rings. The summed E-state index contributed by atoms with van der Waals surface area (Å²) in [5.41, 5.74) is 1.83. The van der Waals surface area contributed by atoms with Gasteiger partial charge in [-0.15, -0.1) is 0 Å². The molecule has 0 radical (unpaired) electrons. The van der Waals surface area contributed by atoms with Crippen molar-refractivity contribution in [3.05, 3.63) is 48.8 Å². The first-order chi connectivity index (χ1) is 9.43. The fraction of sp³-hybridized carbons (Fsp3) is 0.143. The van der Waals surface area contributed by atoms with Gasteiger partial charge in [0.25, 0.3) is 0 Å². The summed E-state index contributed by atoms with van der Waals surface area (Å²) in [6.45, 7) is 1.94. The van der Waals surface area contributed by atoms with Gasteiger partial charge in [0.05, 0.1) is 11.4 Å². The van der Waals surface area contributed by atoms with Gasteiger partial charge in [-0.05, 0) is 38.1 Å². The standard InChI is InChI=1S/C10H8N2.2C2H4O2.5H2O.Pd/c1-3-7-11-9(5-1)10-6-2-4-8-12-10;2*1-2(3)4;;;;;;/h1-8H;2*1H3,(H,3,4);5*1H2;/q;;;;;;;;+2/p-2. The molecule has 0 aliphatic heterocycles. The summed E-state index contributed by atoms with van der Waals surface area (Å²) in [5.74, 6) is -2.17. The van der Waals surface area contributed by atoms with Crippen LogP contribution in [-0.4, -0.2) is 49.3 Å². The Balaban J connectivity index is -0.0000000456. The Kier molecular flexibility index (Phi) is 46.4. The molecule has 2 aromatic rings. The van der Waals surface area contributed by atoms with E-state index >= 15 is 0 Å². The Bertz CT molecular complexity index is 473. The SMILES string of the molecule is CC(=O)[O-].CC(=O)[O-].O.O.O.O.O.[Pd+2].c1ccc(-c2ccccn2)nc1. The summed E-state index contributed by atoms with van der Waals surface area (Å²) in [4.78, 5) is 26.2. The molecule has 0 saturated heterocycles. The van der Waals surface area contributed by atoms with E-state index in [4.69, 9.17) is 19.8 Å². The van der Waals surface area contributed by atoms with E-state index in [0.29, 0.717) is 0 Å². The molecular formula is C14H24N2O9Pd. The van der Waals surface area contributed by atoms with Crippen LogP contribution in [0.1, 0.15) is 13.8 Å². The van der Waals surface area contributed by atoms with E-state index in [9.17, 15) is 0 Å². The van der Waals surface area contributed by atoms with Gasteiger partial charge in [0.1, 0.15) is 0 Å². The zero-order valence-electron chi connectivity index (χ0n) is 14.0. The second-order valence-electron chi connectivity index (χ2n) is 3.41. The fourth-order valence-electron chi connectivity index (χ4n) is 1.03. The maximum atomic E-state index is 8.89. The number of carboxylic acid groups (broad SMARTS) is 2. The van der Waals surface area contributed by atoms with Crippen LogP contribution in [0.4, 0.5) is 0 Å². The van der Waals surface area contributed by atoms with Gasteiger partial charge in [0.15, 0.2) is 0 Å². The van der Waals surface area contributed by atoms with Crippen molar-refractivity contribution in [3.63, 3.8) is 0 Å². The predicted molar refractivity (Wildman–Crippen MR) is 86.9 cm³/mol. The van der Waals surface area contributed by atoms with Gasteiger partial charge in [-0.25, -0.2) is 0 Å². The summed E-state index contributed by atoms with van der Waals surface area (Å²) in [6.07, 6.45) is 3.54. The Morgan fingerprint density at radius 3 is 1.08 bits per heavy atom. The first-order valence-electron chi connectivity index (χ1n) is 5.61. The topological polar surface area (TPSA) is 264 Å². The molecule has 154 valence electrons. The maximum Gasteiger partial charge on any atom is 2.00 e. The Morgan fingerprint density at radius 1 is 0.692 bits per heavy atom. The van der Waals surface area contributed by atoms with Crippen LogP contribution in [0.25, 0.3) is 11.4 Å². The van der Waals surface area contributed by atoms with Crippen LogP contribution in [0.5, 0.6) is 0 Å². The smallest absolute Gasteiger partial charge is 0.550 e. The summed E-state index contributed by atoms with van der Waals surface area (Å²) < 4.78 is 0. The Hall–Kier alpha value is -2.30. The number of carboxylic acids is 2. The third-order valence-corrected chi connectivity index (χ3v) is 1.59. The number of hydrogen-bond donors (Lipinski definition) is 0. The van der Waals surface area contributed by atoms with Crippen molar-refractivity contribution >= 4 is 11.9 Å². The van der Waals surface area contributed by atoms with E-state index in [1.54, 1.807) is 12.4 Å². The average molecular weight is 471 g/mol. The largest absolute Gasteiger partial charge is 2.00 e. The molecular weight excluding hydrogens is 447 g/mol. The van der Waals surface area contributed by atoms with Crippen LogP contribution < -0.4 is 10.2 Å². The number of hydrogen-bond acceptors (Lipinski definition) is 6. The van der Waals surface area contributed by atoms with Crippen LogP contribution in [0.15, 0.2) is 48.8 Å². The van der Waals surface area contributed by atoms with Crippen LogP contribution in [0.3, 0.4) is 0 Å². The molecule has 0 fully saturated rings. The fourth-order valence-corrected chi connectivity index (χ4v) is 1.03.